The number of hydrogen-bond donors (Lipinski definition) is 1. The molecule has 1 aliphatic rings. The van der Waals surface area contributed by atoms with Crippen LogP contribution in [-0.4, -0.2) is 26.2 Å². The topological polar surface area (TPSA) is 83.6 Å². The summed E-state index contributed by atoms with van der Waals surface area (Å²) in [7, 11) is 0. The maximum atomic E-state index is 12.3. The van der Waals surface area contributed by atoms with Gasteiger partial charge in [-0.3, -0.25) is 4.79 Å². The van der Waals surface area contributed by atoms with Crippen molar-refractivity contribution in [3.8, 4) is 11.8 Å². The van der Waals surface area contributed by atoms with Crippen LogP contribution in [0.3, 0.4) is 0 Å². The molecular formula is C15H15N5O. The Balaban J connectivity index is 1.75. The molecule has 0 aliphatic heterocycles. The van der Waals surface area contributed by atoms with Crippen LogP contribution < -0.4 is 5.32 Å². The number of aromatic nitrogens is 3. The lowest BCUT2D eigenvalue weighted by Crippen LogP contribution is -2.45. The Morgan fingerprint density at radius 3 is 2.57 bits per heavy atom. The highest BCUT2D eigenvalue weighted by Crippen LogP contribution is 2.29. The van der Waals surface area contributed by atoms with E-state index in [0.717, 1.165) is 31.4 Å². The Kier molecular flexibility index (Phi) is 3.40. The monoisotopic (exact) mass is 281 g/mol. The van der Waals surface area contributed by atoms with Crippen molar-refractivity contribution in [1.29, 1.82) is 5.26 Å². The van der Waals surface area contributed by atoms with Crippen molar-refractivity contribution in [2.24, 2.45) is 0 Å². The van der Waals surface area contributed by atoms with Gasteiger partial charge in [-0.15, -0.1) is 0 Å². The summed E-state index contributed by atoms with van der Waals surface area (Å²) in [6.45, 7) is 0. The third-order valence-corrected chi connectivity index (χ3v) is 3.84. The third-order valence-electron chi connectivity index (χ3n) is 3.84. The van der Waals surface area contributed by atoms with Crippen LogP contribution in [-0.2, 0) is 0 Å². The molecule has 3 rings (SSSR count). The first kappa shape index (κ1) is 13.3. The van der Waals surface area contributed by atoms with Gasteiger partial charge in [-0.25, -0.2) is 9.67 Å². The molecule has 6 heteroatoms. The van der Waals surface area contributed by atoms with Gasteiger partial charge in [0.1, 0.15) is 18.2 Å². The van der Waals surface area contributed by atoms with E-state index in [0.29, 0.717) is 5.56 Å². The fourth-order valence-corrected chi connectivity index (χ4v) is 2.64. The molecule has 0 bridgehead atoms. The number of nitrogens with zero attached hydrogens (tertiary/aromatic N) is 4. The molecule has 2 aromatic rings. The average molecular weight is 281 g/mol. The van der Waals surface area contributed by atoms with E-state index in [2.05, 4.69) is 21.5 Å². The Bertz CT molecular complexity index is 663. The molecule has 1 N–H and O–H groups in total. The lowest BCUT2D eigenvalue weighted by molar-refractivity contribution is 0.0920. The van der Waals surface area contributed by atoms with Gasteiger partial charge in [0.15, 0.2) is 0 Å². The normalized spacial score (nSPS) is 16.3. The molecule has 0 atom stereocenters. The number of nitriles is 1. The second kappa shape index (κ2) is 5.37. The van der Waals surface area contributed by atoms with Gasteiger partial charge in [0.2, 0.25) is 0 Å². The molecule has 106 valence electrons. The molecular weight excluding hydrogens is 266 g/mol. The van der Waals surface area contributed by atoms with Crippen LogP contribution in [0, 0.1) is 11.3 Å². The fourth-order valence-electron chi connectivity index (χ4n) is 2.64. The van der Waals surface area contributed by atoms with Crippen LogP contribution in [0.4, 0.5) is 0 Å². The van der Waals surface area contributed by atoms with E-state index in [1.807, 2.05) is 0 Å². The van der Waals surface area contributed by atoms with E-state index in [-0.39, 0.29) is 5.91 Å². The predicted octanol–water partition coefficient (Wildman–Crippen LogP) is 1.83. The van der Waals surface area contributed by atoms with E-state index >= 15 is 0 Å². The molecule has 6 nitrogen and oxygen atoms in total. The van der Waals surface area contributed by atoms with Crippen molar-refractivity contribution < 1.29 is 4.79 Å². The predicted molar refractivity (Wildman–Crippen MR) is 75.6 cm³/mol. The lowest BCUT2D eigenvalue weighted by atomic mass is 9.99. The van der Waals surface area contributed by atoms with Gasteiger partial charge in [0.25, 0.3) is 5.91 Å². The number of amides is 1. The van der Waals surface area contributed by atoms with Crippen molar-refractivity contribution >= 4 is 5.91 Å². The summed E-state index contributed by atoms with van der Waals surface area (Å²) in [6.07, 6.45) is 6.48. The summed E-state index contributed by atoms with van der Waals surface area (Å²) in [5.41, 5.74) is 0.682. The first-order valence-electron chi connectivity index (χ1n) is 6.91. The highest BCUT2D eigenvalue weighted by atomic mass is 16.1. The molecule has 1 aromatic carbocycles. The molecule has 1 amide bonds. The van der Waals surface area contributed by atoms with Gasteiger partial charge in [-0.2, -0.15) is 10.4 Å². The summed E-state index contributed by atoms with van der Waals surface area (Å²) >= 11 is 0. The van der Waals surface area contributed by atoms with Gasteiger partial charge in [-0.1, -0.05) is 0 Å². The first-order valence-corrected chi connectivity index (χ1v) is 6.91. The van der Waals surface area contributed by atoms with Crippen LogP contribution in [0.1, 0.15) is 36.0 Å². The van der Waals surface area contributed by atoms with Crippen molar-refractivity contribution in [3.63, 3.8) is 0 Å². The Morgan fingerprint density at radius 2 is 2.00 bits per heavy atom. The number of benzene rings is 1. The van der Waals surface area contributed by atoms with Crippen LogP contribution in [0.2, 0.25) is 0 Å². The van der Waals surface area contributed by atoms with Gasteiger partial charge in [0, 0.05) is 5.56 Å². The van der Waals surface area contributed by atoms with Crippen LogP contribution in [0.25, 0.3) is 5.69 Å². The highest BCUT2D eigenvalue weighted by molar-refractivity contribution is 5.95. The second-order valence-corrected chi connectivity index (χ2v) is 5.24. The molecule has 0 spiro atoms. The molecule has 1 heterocycles. The fraction of sp³-hybridized carbons (Fsp3) is 0.333. The number of rotatable bonds is 3. The van der Waals surface area contributed by atoms with Crippen LogP contribution in [0.15, 0.2) is 36.9 Å². The molecule has 1 saturated carbocycles. The lowest BCUT2D eigenvalue weighted by Gasteiger charge is -2.22. The summed E-state index contributed by atoms with van der Waals surface area (Å²) in [6, 6.07) is 9.32. The number of hydrogen-bond acceptors (Lipinski definition) is 4. The minimum absolute atomic E-state index is 0.205. The van der Waals surface area contributed by atoms with Crippen LogP contribution >= 0.6 is 0 Å². The van der Waals surface area contributed by atoms with E-state index in [4.69, 9.17) is 0 Å². The largest absolute Gasteiger partial charge is 0.334 e. The second-order valence-electron chi connectivity index (χ2n) is 5.24. The SMILES string of the molecule is N#CC1(NC(=O)c2ccc(-n3cncn3)cc2)CCCC1. The molecule has 21 heavy (non-hydrogen) atoms. The average Bonchev–Trinajstić information content (AvgIpc) is 3.19. The standard InChI is InChI=1S/C15H15N5O/c16-9-15(7-1-2-8-15)19-14(21)12-3-5-13(6-4-12)20-11-17-10-18-20/h3-6,10-11H,1-2,7-8H2,(H,19,21). The first-order chi connectivity index (χ1) is 10.2. The van der Waals surface area contributed by atoms with E-state index in [9.17, 15) is 10.1 Å². The van der Waals surface area contributed by atoms with E-state index in [1.54, 1.807) is 35.3 Å². The number of carbonyl (C=O) groups excluding carboxylic acids is 1. The summed E-state index contributed by atoms with van der Waals surface area (Å²) in [4.78, 5) is 16.1. The minimum Gasteiger partial charge on any atom is -0.334 e. The van der Waals surface area contributed by atoms with Gasteiger partial charge >= 0.3 is 0 Å². The summed E-state index contributed by atoms with van der Waals surface area (Å²) in [5.74, 6) is -0.205. The van der Waals surface area contributed by atoms with E-state index in [1.165, 1.54) is 6.33 Å². The quantitative estimate of drug-likeness (QED) is 0.930. The maximum absolute atomic E-state index is 12.3. The van der Waals surface area contributed by atoms with Crippen LogP contribution in [0.5, 0.6) is 0 Å². The van der Waals surface area contributed by atoms with Gasteiger partial charge in [0.05, 0.1) is 11.8 Å². The third kappa shape index (κ3) is 2.63. The van der Waals surface area contributed by atoms with Gasteiger partial charge in [-0.05, 0) is 49.9 Å². The van der Waals surface area contributed by atoms with Gasteiger partial charge < -0.3 is 5.32 Å². The smallest absolute Gasteiger partial charge is 0.252 e. The minimum atomic E-state index is -0.693. The maximum Gasteiger partial charge on any atom is 0.252 e. The molecule has 1 aromatic heterocycles. The molecule has 0 radical (unpaired) electrons. The Labute approximate surface area is 122 Å². The zero-order valence-corrected chi connectivity index (χ0v) is 11.5. The highest BCUT2D eigenvalue weighted by Gasteiger charge is 2.35. The molecule has 1 fully saturated rings. The summed E-state index contributed by atoms with van der Waals surface area (Å²) in [5, 5.41) is 16.2. The number of carbonyl (C=O) groups is 1. The molecule has 1 aliphatic carbocycles. The summed E-state index contributed by atoms with van der Waals surface area (Å²) < 4.78 is 1.62. The van der Waals surface area contributed by atoms with Crippen molar-refractivity contribution in [1.82, 2.24) is 20.1 Å². The zero-order valence-electron chi connectivity index (χ0n) is 11.5. The Morgan fingerprint density at radius 1 is 1.29 bits per heavy atom. The number of nitrogens with one attached hydrogen (secondary N) is 1. The van der Waals surface area contributed by atoms with E-state index < -0.39 is 5.54 Å². The zero-order chi connectivity index (χ0) is 14.7. The molecule has 0 saturated heterocycles. The van der Waals surface area contributed by atoms with Crippen molar-refractivity contribution in [2.45, 2.75) is 31.2 Å². The Hall–Kier alpha value is -2.68. The van der Waals surface area contributed by atoms with Crippen molar-refractivity contribution in [2.75, 3.05) is 0 Å². The molecule has 0 unspecified atom stereocenters. The van der Waals surface area contributed by atoms with Crippen molar-refractivity contribution in [3.05, 3.63) is 42.5 Å².